The molecule has 3 rings (SSSR count). The Bertz CT molecular complexity index is 1070. The summed E-state index contributed by atoms with van der Waals surface area (Å²) in [5, 5.41) is 23.1. The van der Waals surface area contributed by atoms with Gasteiger partial charge in [-0.15, -0.1) is 0 Å². The van der Waals surface area contributed by atoms with Gasteiger partial charge in [0.05, 0.1) is 6.07 Å². The number of likely N-dealkylation sites (tertiary alicyclic amines) is 1. The first-order chi connectivity index (χ1) is 16.4. The fourth-order valence-electron chi connectivity index (χ4n) is 4.94. The molecule has 2 bridgehead atoms. The van der Waals surface area contributed by atoms with E-state index in [1.807, 2.05) is 6.07 Å². The maximum Gasteiger partial charge on any atom is 0.411 e. The number of amides is 2. The Morgan fingerprint density at radius 3 is 2.66 bits per heavy atom. The summed E-state index contributed by atoms with van der Waals surface area (Å²) < 4.78 is 20.4. The van der Waals surface area contributed by atoms with Crippen LogP contribution in [0.4, 0.5) is 9.18 Å². The van der Waals surface area contributed by atoms with Crippen molar-refractivity contribution in [3.8, 4) is 6.07 Å². The first-order valence-corrected chi connectivity index (χ1v) is 11.9. The fourth-order valence-corrected chi connectivity index (χ4v) is 4.94. The van der Waals surface area contributed by atoms with Crippen LogP contribution in [-0.4, -0.2) is 53.4 Å². The van der Waals surface area contributed by atoms with Gasteiger partial charge in [-0.05, 0) is 70.1 Å². The number of carbonyl (C=O) groups is 2. The normalized spacial score (nSPS) is 22.4. The molecule has 8 nitrogen and oxygen atoms in total. The molecule has 0 spiro atoms. The second-order valence-electron chi connectivity index (χ2n) is 10.2. The fraction of sp³-hybridized carbons (Fsp3) is 0.538. The lowest BCUT2D eigenvalue weighted by Crippen LogP contribution is -2.55. The van der Waals surface area contributed by atoms with E-state index < -0.39 is 35.5 Å². The van der Waals surface area contributed by atoms with Gasteiger partial charge < -0.3 is 20.8 Å². The molecule has 1 aromatic carbocycles. The Kier molecular flexibility index (Phi) is 7.83. The van der Waals surface area contributed by atoms with E-state index in [2.05, 4.69) is 10.6 Å². The molecule has 1 saturated carbocycles. The number of benzene rings is 1. The molecule has 0 unspecified atom stereocenters. The minimum absolute atomic E-state index is 0.0176. The number of ether oxygens (including phenoxy) is 1. The van der Waals surface area contributed by atoms with Crippen LogP contribution in [0.1, 0.15) is 58.1 Å². The largest absolute Gasteiger partial charge is 0.444 e. The topological polar surface area (TPSA) is 118 Å². The Morgan fingerprint density at radius 2 is 2.09 bits per heavy atom. The predicted molar refractivity (Wildman–Crippen MR) is 131 cm³/mol. The third-order valence-corrected chi connectivity index (χ3v) is 6.41. The van der Waals surface area contributed by atoms with Crippen LogP contribution in [0.2, 0.25) is 0 Å². The smallest absolute Gasteiger partial charge is 0.411 e. The second-order valence-corrected chi connectivity index (χ2v) is 10.2. The van der Waals surface area contributed by atoms with Gasteiger partial charge in [0.2, 0.25) is 5.91 Å². The lowest BCUT2D eigenvalue weighted by molar-refractivity contribution is -0.128. The van der Waals surface area contributed by atoms with Crippen LogP contribution in [0.15, 0.2) is 24.4 Å². The summed E-state index contributed by atoms with van der Waals surface area (Å²) in [7, 11) is 1.70. The van der Waals surface area contributed by atoms with Gasteiger partial charge in [-0.2, -0.15) is 5.26 Å². The Labute approximate surface area is 206 Å². The molecule has 0 aromatic heterocycles. The minimum atomic E-state index is -0.959. The molecule has 2 amide bonds. The molecule has 4 atom stereocenters. The molecule has 0 radical (unpaired) electrons. The van der Waals surface area contributed by atoms with Crippen LogP contribution in [0.5, 0.6) is 0 Å². The molecule has 188 valence electrons. The third kappa shape index (κ3) is 5.99. The second kappa shape index (κ2) is 10.5. The Hall–Kier alpha value is -3.41. The molecule has 1 heterocycles. The van der Waals surface area contributed by atoms with Crippen molar-refractivity contribution in [3.05, 3.63) is 41.3 Å². The van der Waals surface area contributed by atoms with Crippen LogP contribution in [-0.2, 0) is 16.0 Å². The average molecular weight is 484 g/mol. The average Bonchev–Trinajstić information content (AvgIpc) is 3.38. The molecular weight excluding hydrogens is 449 g/mol. The van der Waals surface area contributed by atoms with Crippen LogP contribution in [0, 0.1) is 28.5 Å². The lowest BCUT2D eigenvalue weighted by Gasteiger charge is -2.35. The number of nitrogens with one attached hydrogen (secondary N) is 3. The van der Waals surface area contributed by atoms with Crippen molar-refractivity contribution in [3.63, 3.8) is 0 Å². The van der Waals surface area contributed by atoms with Crippen molar-refractivity contribution in [2.75, 3.05) is 7.05 Å². The summed E-state index contributed by atoms with van der Waals surface area (Å²) >= 11 is 0. The Morgan fingerprint density at radius 1 is 1.37 bits per heavy atom. The highest BCUT2D eigenvalue weighted by molar-refractivity contribution is 6.21. The van der Waals surface area contributed by atoms with E-state index in [1.165, 1.54) is 11.0 Å². The van der Waals surface area contributed by atoms with E-state index in [0.717, 1.165) is 19.3 Å². The number of piperidine rings is 1. The van der Waals surface area contributed by atoms with E-state index >= 15 is 0 Å². The molecule has 35 heavy (non-hydrogen) atoms. The highest BCUT2D eigenvalue weighted by Crippen LogP contribution is 2.43. The first-order valence-electron chi connectivity index (χ1n) is 11.9. The van der Waals surface area contributed by atoms with Gasteiger partial charge >= 0.3 is 6.09 Å². The number of halogens is 1. The van der Waals surface area contributed by atoms with Gasteiger partial charge in [0.15, 0.2) is 0 Å². The summed E-state index contributed by atoms with van der Waals surface area (Å²) in [5.74, 6) is -0.912. The molecule has 1 aliphatic heterocycles. The van der Waals surface area contributed by atoms with E-state index in [0.29, 0.717) is 11.1 Å². The molecule has 1 aliphatic carbocycles. The molecule has 9 heteroatoms. The molecule has 2 aliphatic rings. The van der Waals surface area contributed by atoms with Crippen molar-refractivity contribution < 1.29 is 18.7 Å². The van der Waals surface area contributed by atoms with Crippen LogP contribution in [0.3, 0.4) is 0 Å². The zero-order chi connectivity index (χ0) is 25.9. The van der Waals surface area contributed by atoms with E-state index in [-0.39, 0.29) is 29.7 Å². The summed E-state index contributed by atoms with van der Waals surface area (Å²) in [6.45, 7) is 6.95. The van der Waals surface area contributed by atoms with Gasteiger partial charge in [-0.3, -0.25) is 9.69 Å². The summed E-state index contributed by atoms with van der Waals surface area (Å²) in [6, 6.07) is 4.93. The minimum Gasteiger partial charge on any atom is -0.444 e. The third-order valence-electron chi connectivity index (χ3n) is 6.41. The van der Waals surface area contributed by atoms with Crippen LogP contribution in [0.25, 0.3) is 5.57 Å². The van der Waals surface area contributed by atoms with E-state index in [9.17, 15) is 19.2 Å². The van der Waals surface area contributed by atoms with Crippen molar-refractivity contribution in [2.45, 2.75) is 77.1 Å². The Balaban J connectivity index is 1.73. The highest BCUT2D eigenvalue weighted by atomic mass is 19.1. The maximum absolute atomic E-state index is 14.9. The van der Waals surface area contributed by atoms with Crippen LogP contribution < -0.4 is 10.6 Å². The lowest BCUT2D eigenvalue weighted by atomic mass is 9.96. The highest BCUT2D eigenvalue weighted by Gasteiger charge is 2.52. The van der Waals surface area contributed by atoms with Gasteiger partial charge in [0.25, 0.3) is 0 Å². The summed E-state index contributed by atoms with van der Waals surface area (Å²) in [5.41, 5.74) is 0.984. The number of fused-ring (bicyclic) bond motifs is 2. The van der Waals surface area contributed by atoms with Gasteiger partial charge in [0.1, 0.15) is 23.5 Å². The van der Waals surface area contributed by atoms with Crippen LogP contribution >= 0.6 is 0 Å². The van der Waals surface area contributed by atoms with Gasteiger partial charge in [-0.25, -0.2) is 9.18 Å². The van der Waals surface area contributed by atoms with Crippen molar-refractivity contribution in [1.29, 1.82) is 10.7 Å². The predicted octanol–water partition coefficient (Wildman–Crippen LogP) is 3.76. The zero-order valence-corrected chi connectivity index (χ0v) is 20.9. The standard InChI is InChI=1S/C26H34FN5O3/c1-15(29)21(14-30-5)16-6-7-17(22(27)12-16)10-19(13-28)31-24(33)23-18-8-9-20(11-18)32(23)25(34)35-26(2,3)4/h6-7,12,14,18-20,23,29-30H,8-11H2,1-5H3,(H,31,33)/b21-14+,29-15?/t18-,19-,20+,23-/m0/s1. The van der Waals surface area contributed by atoms with E-state index in [1.54, 1.807) is 53.1 Å². The summed E-state index contributed by atoms with van der Waals surface area (Å²) in [4.78, 5) is 27.6. The number of carbonyl (C=O) groups excluding carboxylic acids is 2. The van der Waals surface area contributed by atoms with Crippen molar-refractivity contribution >= 4 is 23.3 Å². The molecular formula is C26H34FN5O3. The van der Waals surface area contributed by atoms with E-state index in [4.69, 9.17) is 10.1 Å². The molecule has 2 fully saturated rings. The molecule has 1 saturated heterocycles. The number of nitrogens with zero attached hydrogens (tertiary/aromatic N) is 2. The summed E-state index contributed by atoms with van der Waals surface area (Å²) in [6.07, 6.45) is 3.49. The number of rotatable bonds is 7. The molecule has 1 aromatic rings. The van der Waals surface area contributed by atoms with Gasteiger partial charge in [0, 0.05) is 37.0 Å². The number of hydrogen-bond acceptors (Lipinski definition) is 6. The molecule has 3 N–H and O–H groups in total. The number of hydrogen-bond donors (Lipinski definition) is 3. The first kappa shape index (κ1) is 26.2. The monoisotopic (exact) mass is 483 g/mol. The quantitative estimate of drug-likeness (QED) is 0.510. The van der Waals surface area contributed by atoms with Crippen molar-refractivity contribution in [2.24, 2.45) is 5.92 Å². The SMILES string of the molecule is CN/C=C(\C(C)=N)c1ccc(C[C@@H](C#N)NC(=O)[C@@H]2[C@H]3CC[C@H](C3)N2C(=O)OC(C)(C)C)c(F)c1. The maximum atomic E-state index is 14.9. The van der Waals surface area contributed by atoms with Gasteiger partial charge in [-0.1, -0.05) is 12.1 Å². The number of allylic oxidation sites excluding steroid dienone is 1. The zero-order valence-electron chi connectivity index (χ0n) is 20.9. The number of nitriles is 1. The van der Waals surface area contributed by atoms with Crippen molar-refractivity contribution in [1.82, 2.24) is 15.5 Å².